The van der Waals surface area contributed by atoms with Crippen LogP contribution in [0, 0.1) is 5.92 Å². The molecule has 0 aliphatic heterocycles. The van der Waals surface area contributed by atoms with Crippen molar-refractivity contribution < 1.29 is 9.84 Å². The van der Waals surface area contributed by atoms with Crippen LogP contribution in [0.2, 0.25) is 5.02 Å². The first-order valence-electron chi connectivity index (χ1n) is 6.77. The van der Waals surface area contributed by atoms with Gasteiger partial charge in [-0.1, -0.05) is 37.6 Å². The summed E-state index contributed by atoms with van der Waals surface area (Å²) in [6.45, 7) is 7.27. The van der Waals surface area contributed by atoms with Gasteiger partial charge in [-0.15, -0.1) is 0 Å². The molecule has 0 saturated carbocycles. The van der Waals surface area contributed by atoms with Crippen molar-refractivity contribution in [3.8, 4) is 5.75 Å². The molecule has 2 atom stereocenters. The van der Waals surface area contributed by atoms with Crippen LogP contribution in [0.1, 0.15) is 27.2 Å². The number of aliphatic hydroxyl groups is 1. The monoisotopic (exact) mass is 285 g/mol. The molecule has 0 aromatic heterocycles. The van der Waals surface area contributed by atoms with Crippen molar-refractivity contribution in [1.29, 1.82) is 0 Å². The molecule has 0 heterocycles. The summed E-state index contributed by atoms with van der Waals surface area (Å²) in [5.74, 6) is 1.26. The molecule has 1 rings (SSSR count). The van der Waals surface area contributed by atoms with E-state index in [2.05, 4.69) is 26.1 Å². The van der Waals surface area contributed by atoms with Crippen molar-refractivity contribution in [1.82, 2.24) is 5.32 Å². The second-order valence-corrected chi connectivity index (χ2v) is 5.74. The fourth-order valence-corrected chi connectivity index (χ4v) is 2.12. The number of ether oxygens (including phenoxy) is 1. The summed E-state index contributed by atoms with van der Waals surface area (Å²) in [5, 5.41) is 13.7. The zero-order chi connectivity index (χ0) is 14.3. The average molecular weight is 286 g/mol. The Labute approximate surface area is 120 Å². The van der Waals surface area contributed by atoms with E-state index in [1.807, 2.05) is 12.1 Å². The second-order valence-electron chi connectivity index (χ2n) is 5.33. The molecule has 0 amide bonds. The Bertz CT molecular complexity index is 371. The van der Waals surface area contributed by atoms with Gasteiger partial charge in [-0.05, 0) is 31.4 Å². The third-order valence-electron chi connectivity index (χ3n) is 2.79. The minimum absolute atomic E-state index is 0.241. The smallest absolute Gasteiger partial charge is 0.138 e. The Balaban J connectivity index is 2.25. The van der Waals surface area contributed by atoms with Crippen LogP contribution in [0.25, 0.3) is 0 Å². The molecule has 1 aromatic carbocycles. The fraction of sp³-hybridized carbons (Fsp3) is 0.600. The molecule has 2 unspecified atom stereocenters. The van der Waals surface area contributed by atoms with Gasteiger partial charge in [0.25, 0.3) is 0 Å². The number of rotatable bonds is 8. The van der Waals surface area contributed by atoms with Gasteiger partial charge >= 0.3 is 0 Å². The predicted molar refractivity (Wildman–Crippen MR) is 79.9 cm³/mol. The zero-order valence-corrected chi connectivity index (χ0v) is 12.7. The van der Waals surface area contributed by atoms with E-state index in [1.54, 1.807) is 12.1 Å². The third kappa shape index (κ3) is 6.81. The summed E-state index contributed by atoms with van der Waals surface area (Å²) in [4.78, 5) is 0. The molecular weight excluding hydrogens is 262 g/mol. The van der Waals surface area contributed by atoms with Crippen LogP contribution in [-0.2, 0) is 0 Å². The van der Waals surface area contributed by atoms with Gasteiger partial charge in [-0.25, -0.2) is 0 Å². The van der Waals surface area contributed by atoms with Gasteiger partial charge < -0.3 is 15.2 Å². The maximum Gasteiger partial charge on any atom is 0.138 e. The van der Waals surface area contributed by atoms with Crippen molar-refractivity contribution in [2.45, 2.75) is 39.3 Å². The van der Waals surface area contributed by atoms with E-state index in [0.29, 0.717) is 29.3 Å². The van der Waals surface area contributed by atoms with E-state index in [9.17, 15) is 5.11 Å². The van der Waals surface area contributed by atoms with E-state index in [-0.39, 0.29) is 6.61 Å². The van der Waals surface area contributed by atoms with E-state index in [4.69, 9.17) is 16.3 Å². The zero-order valence-electron chi connectivity index (χ0n) is 11.9. The van der Waals surface area contributed by atoms with Gasteiger partial charge in [-0.3, -0.25) is 0 Å². The van der Waals surface area contributed by atoms with Gasteiger partial charge in [-0.2, -0.15) is 0 Å². The number of benzene rings is 1. The summed E-state index contributed by atoms with van der Waals surface area (Å²) in [6, 6.07) is 7.67. The van der Waals surface area contributed by atoms with Gasteiger partial charge in [0, 0.05) is 12.6 Å². The number of hydrogen-bond donors (Lipinski definition) is 2. The van der Waals surface area contributed by atoms with Gasteiger partial charge in [0.15, 0.2) is 0 Å². The van der Waals surface area contributed by atoms with E-state index >= 15 is 0 Å². The molecule has 0 aliphatic rings. The highest BCUT2D eigenvalue weighted by Gasteiger charge is 2.10. The Morgan fingerprint density at radius 1 is 1.26 bits per heavy atom. The summed E-state index contributed by atoms with van der Waals surface area (Å²) < 4.78 is 5.49. The Kier molecular flexibility index (Phi) is 7.21. The number of para-hydroxylation sites is 1. The highest BCUT2D eigenvalue weighted by molar-refractivity contribution is 6.32. The van der Waals surface area contributed by atoms with E-state index in [0.717, 1.165) is 6.42 Å². The van der Waals surface area contributed by atoms with Crippen molar-refractivity contribution in [3.05, 3.63) is 29.3 Å². The normalized spacial score (nSPS) is 14.4. The van der Waals surface area contributed by atoms with Gasteiger partial charge in [0.2, 0.25) is 0 Å². The summed E-state index contributed by atoms with van der Waals surface area (Å²) >= 11 is 5.97. The largest absolute Gasteiger partial charge is 0.489 e. The molecule has 2 N–H and O–H groups in total. The summed E-state index contributed by atoms with van der Waals surface area (Å²) in [6.07, 6.45) is 0.559. The Hall–Kier alpha value is -0.770. The molecule has 0 aliphatic carbocycles. The molecule has 3 nitrogen and oxygen atoms in total. The molecule has 0 bridgehead atoms. The first-order valence-corrected chi connectivity index (χ1v) is 7.15. The maximum atomic E-state index is 9.85. The molecule has 0 radical (unpaired) electrons. The van der Waals surface area contributed by atoms with Crippen molar-refractivity contribution in [2.24, 2.45) is 5.92 Å². The number of halogens is 1. The fourth-order valence-electron chi connectivity index (χ4n) is 1.93. The van der Waals surface area contributed by atoms with Crippen LogP contribution >= 0.6 is 11.6 Å². The first-order chi connectivity index (χ1) is 8.99. The van der Waals surface area contributed by atoms with Gasteiger partial charge in [0.05, 0.1) is 5.02 Å². The minimum Gasteiger partial charge on any atom is -0.489 e. The first kappa shape index (κ1) is 16.3. The van der Waals surface area contributed by atoms with Crippen LogP contribution in [-0.4, -0.2) is 30.4 Å². The number of nitrogens with one attached hydrogen (secondary N) is 1. The molecule has 0 spiro atoms. The number of aliphatic hydroxyl groups excluding tert-OH is 1. The molecule has 1 aromatic rings. The third-order valence-corrected chi connectivity index (χ3v) is 3.11. The maximum absolute atomic E-state index is 9.85. The lowest BCUT2D eigenvalue weighted by atomic mass is 10.1. The highest BCUT2D eigenvalue weighted by atomic mass is 35.5. The highest BCUT2D eigenvalue weighted by Crippen LogP contribution is 2.23. The minimum atomic E-state index is -0.536. The molecular formula is C15H24ClNO2. The lowest BCUT2D eigenvalue weighted by molar-refractivity contribution is 0.103. The molecule has 0 saturated heterocycles. The number of hydrogen-bond acceptors (Lipinski definition) is 3. The van der Waals surface area contributed by atoms with Crippen LogP contribution in [0.15, 0.2) is 24.3 Å². The van der Waals surface area contributed by atoms with Crippen LogP contribution in [0.4, 0.5) is 0 Å². The standard InChI is InChI=1S/C15H24ClNO2/c1-11(2)8-12(3)17-9-13(18)10-19-15-7-5-4-6-14(15)16/h4-7,11-13,17-18H,8-10H2,1-3H3. The van der Waals surface area contributed by atoms with Gasteiger partial charge in [0.1, 0.15) is 18.5 Å². The van der Waals surface area contributed by atoms with Crippen LogP contribution in [0.3, 0.4) is 0 Å². The Morgan fingerprint density at radius 2 is 1.95 bits per heavy atom. The van der Waals surface area contributed by atoms with Crippen molar-refractivity contribution >= 4 is 11.6 Å². The SMILES string of the molecule is CC(C)CC(C)NCC(O)COc1ccccc1Cl. The lowest BCUT2D eigenvalue weighted by Gasteiger charge is -2.19. The quantitative estimate of drug-likeness (QED) is 0.771. The topological polar surface area (TPSA) is 41.5 Å². The summed E-state index contributed by atoms with van der Waals surface area (Å²) in [7, 11) is 0. The van der Waals surface area contributed by atoms with E-state index < -0.39 is 6.10 Å². The lowest BCUT2D eigenvalue weighted by Crippen LogP contribution is -2.37. The molecule has 0 fully saturated rings. The van der Waals surface area contributed by atoms with Crippen LogP contribution in [0.5, 0.6) is 5.75 Å². The van der Waals surface area contributed by atoms with Crippen molar-refractivity contribution in [2.75, 3.05) is 13.2 Å². The second kappa shape index (κ2) is 8.41. The predicted octanol–water partition coefficient (Wildman–Crippen LogP) is 3.10. The van der Waals surface area contributed by atoms with Crippen molar-refractivity contribution in [3.63, 3.8) is 0 Å². The average Bonchev–Trinajstić information content (AvgIpc) is 2.34. The van der Waals surface area contributed by atoms with Crippen LogP contribution < -0.4 is 10.1 Å². The molecule has 4 heteroatoms. The summed E-state index contributed by atoms with van der Waals surface area (Å²) in [5.41, 5.74) is 0. The van der Waals surface area contributed by atoms with E-state index in [1.165, 1.54) is 0 Å². The molecule has 19 heavy (non-hydrogen) atoms. The Morgan fingerprint density at radius 3 is 2.58 bits per heavy atom. The molecule has 108 valence electrons.